The number of carbonyl (C=O) groups is 1. The van der Waals surface area contributed by atoms with E-state index in [4.69, 9.17) is 0 Å². The summed E-state index contributed by atoms with van der Waals surface area (Å²) in [6.45, 7) is 0. The minimum Gasteiger partial charge on any atom is -0.282 e. The van der Waals surface area contributed by atoms with Crippen LogP contribution in [0.4, 0.5) is 0 Å². The molecule has 0 aliphatic heterocycles. The Morgan fingerprint density at radius 1 is 1.33 bits per heavy atom. The largest absolute Gasteiger partial charge is 0.282 e. The van der Waals surface area contributed by atoms with Crippen molar-refractivity contribution in [2.75, 3.05) is 0 Å². The van der Waals surface area contributed by atoms with Crippen LogP contribution in [-0.2, 0) is 4.79 Å². The van der Waals surface area contributed by atoms with Crippen LogP contribution in [0.3, 0.4) is 0 Å². The van der Waals surface area contributed by atoms with Gasteiger partial charge in [0, 0.05) is 4.90 Å². The highest BCUT2D eigenvalue weighted by molar-refractivity contribution is 14.1. The SMILES string of the molecule is O=C(/C=C/I)Sc1ccccc1. The first kappa shape index (κ1) is 9.80. The zero-order valence-corrected chi connectivity index (χ0v) is 9.21. The molecule has 12 heavy (non-hydrogen) atoms. The third kappa shape index (κ3) is 3.40. The maximum atomic E-state index is 11.1. The van der Waals surface area contributed by atoms with Crippen molar-refractivity contribution in [3.8, 4) is 0 Å². The molecule has 0 aliphatic rings. The summed E-state index contributed by atoms with van der Waals surface area (Å²) in [6, 6.07) is 9.61. The van der Waals surface area contributed by atoms with E-state index in [0.717, 1.165) is 4.90 Å². The minimum absolute atomic E-state index is 0.0654. The van der Waals surface area contributed by atoms with Crippen LogP contribution in [0.15, 0.2) is 45.4 Å². The van der Waals surface area contributed by atoms with Gasteiger partial charge in [0.2, 0.25) is 5.12 Å². The number of hydrogen-bond acceptors (Lipinski definition) is 2. The molecule has 62 valence electrons. The van der Waals surface area contributed by atoms with Crippen LogP contribution in [0.1, 0.15) is 0 Å². The van der Waals surface area contributed by atoms with Gasteiger partial charge >= 0.3 is 0 Å². The molecular weight excluding hydrogens is 283 g/mol. The van der Waals surface area contributed by atoms with Crippen LogP contribution in [-0.4, -0.2) is 5.12 Å². The molecule has 0 heterocycles. The topological polar surface area (TPSA) is 17.1 Å². The van der Waals surface area contributed by atoms with Gasteiger partial charge in [0.25, 0.3) is 0 Å². The summed E-state index contributed by atoms with van der Waals surface area (Å²) in [7, 11) is 0. The second-order valence-corrected chi connectivity index (χ2v) is 3.82. The predicted octanol–water partition coefficient (Wildman–Crippen LogP) is 3.25. The van der Waals surface area contributed by atoms with Gasteiger partial charge in [0.05, 0.1) is 0 Å². The number of thioether (sulfide) groups is 1. The third-order valence-electron chi connectivity index (χ3n) is 1.16. The summed E-state index contributed by atoms with van der Waals surface area (Å²) in [5.41, 5.74) is 0. The molecular formula is C9H7IOS. The molecule has 0 spiro atoms. The van der Waals surface area contributed by atoms with Crippen molar-refractivity contribution >= 4 is 39.5 Å². The van der Waals surface area contributed by atoms with Crippen molar-refractivity contribution < 1.29 is 4.79 Å². The van der Waals surface area contributed by atoms with Gasteiger partial charge in [-0.15, -0.1) is 0 Å². The van der Waals surface area contributed by atoms with E-state index >= 15 is 0 Å². The van der Waals surface area contributed by atoms with Crippen LogP contribution in [0.2, 0.25) is 0 Å². The fraction of sp³-hybridized carbons (Fsp3) is 0. The first-order valence-electron chi connectivity index (χ1n) is 3.36. The van der Waals surface area contributed by atoms with E-state index in [-0.39, 0.29) is 5.12 Å². The molecule has 1 nitrogen and oxygen atoms in total. The first-order valence-corrected chi connectivity index (χ1v) is 5.43. The van der Waals surface area contributed by atoms with Crippen LogP contribution in [0.5, 0.6) is 0 Å². The van der Waals surface area contributed by atoms with Gasteiger partial charge in [0.15, 0.2) is 0 Å². The summed E-state index contributed by atoms with van der Waals surface area (Å²) < 4.78 is 1.72. The van der Waals surface area contributed by atoms with Gasteiger partial charge in [0.1, 0.15) is 0 Å². The van der Waals surface area contributed by atoms with Crippen LogP contribution in [0, 0.1) is 0 Å². The normalized spacial score (nSPS) is 10.4. The number of hydrogen-bond donors (Lipinski definition) is 0. The fourth-order valence-corrected chi connectivity index (χ4v) is 1.92. The van der Waals surface area contributed by atoms with Gasteiger partial charge in [-0.1, -0.05) is 40.8 Å². The molecule has 0 aliphatic carbocycles. The average Bonchev–Trinajstić information content (AvgIpc) is 2.06. The number of carbonyl (C=O) groups excluding carboxylic acids is 1. The molecule has 1 aromatic rings. The van der Waals surface area contributed by atoms with E-state index in [0.29, 0.717) is 0 Å². The quantitative estimate of drug-likeness (QED) is 0.472. The molecule has 1 aromatic carbocycles. The highest BCUT2D eigenvalue weighted by Gasteiger charge is 1.97. The Hall–Kier alpha value is -0.290. The predicted molar refractivity (Wildman–Crippen MR) is 60.5 cm³/mol. The molecule has 1 rings (SSSR count). The molecule has 0 radical (unpaired) electrons. The molecule has 0 aromatic heterocycles. The summed E-state index contributed by atoms with van der Waals surface area (Å²) in [5.74, 6) is 0. The van der Waals surface area contributed by atoms with Gasteiger partial charge in [-0.3, -0.25) is 4.79 Å². The molecule has 0 unspecified atom stereocenters. The van der Waals surface area contributed by atoms with Gasteiger partial charge in [-0.25, -0.2) is 0 Å². The lowest BCUT2D eigenvalue weighted by atomic mass is 10.4. The Labute approximate surface area is 89.4 Å². The molecule has 0 N–H and O–H groups in total. The summed E-state index contributed by atoms with van der Waals surface area (Å²) in [4.78, 5) is 12.1. The lowest BCUT2D eigenvalue weighted by molar-refractivity contribution is -0.107. The van der Waals surface area contributed by atoms with Gasteiger partial charge in [-0.05, 0) is 34.1 Å². The maximum Gasteiger partial charge on any atom is 0.217 e. The van der Waals surface area contributed by atoms with Crippen molar-refractivity contribution in [1.29, 1.82) is 0 Å². The van der Waals surface area contributed by atoms with E-state index in [1.807, 2.05) is 52.9 Å². The number of halogens is 1. The lowest BCUT2D eigenvalue weighted by Crippen LogP contribution is -1.82. The standard InChI is InChI=1S/C9H7IOS/c10-7-6-9(11)12-8-4-2-1-3-5-8/h1-7H/b7-6+. The van der Waals surface area contributed by atoms with Crippen molar-refractivity contribution in [2.45, 2.75) is 4.90 Å². The van der Waals surface area contributed by atoms with E-state index in [1.54, 1.807) is 10.2 Å². The summed E-state index contributed by atoms with van der Waals surface area (Å²) >= 11 is 3.27. The Kier molecular flexibility index (Phi) is 4.39. The maximum absolute atomic E-state index is 11.1. The zero-order chi connectivity index (χ0) is 8.81. The Bertz CT molecular complexity index is 282. The average molecular weight is 290 g/mol. The highest BCUT2D eigenvalue weighted by atomic mass is 127. The van der Waals surface area contributed by atoms with E-state index < -0.39 is 0 Å². The Morgan fingerprint density at radius 2 is 2.00 bits per heavy atom. The second kappa shape index (κ2) is 5.37. The van der Waals surface area contributed by atoms with Gasteiger partial charge < -0.3 is 0 Å². The summed E-state index contributed by atoms with van der Waals surface area (Å²) in [6.07, 6.45) is 1.55. The van der Waals surface area contributed by atoms with Crippen LogP contribution < -0.4 is 0 Å². The molecule has 0 atom stereocenters. The molecule has 0 amide bonds. The Balaban J connectivity index is 2.59. The van der Waals surface area contributed by atoms with Crippen LogP contribution in [0.25, 0.3) is 0 Å². The van der Waals surface area contributed by atoms with E-state index in [1.165, 1.54) is 11.8 Å². The smallest absolute Gasteiger partial charge is 0.217 e. The van der Waals surface area contributed by atoms with E-state index in [9.17, 15) is 4.79 Å². The molecule has 3 heteroatoms. The fourth-order valence-electron chi connectivity index (χ4n) is 0.690. The van der Waals surface area contributed by atoms with Crippen LogP contribution >= 0.6 is 34.4 Å². The molecule has 0 bridgehead atoms. The highest BCUT2D eigenvalue weighted by Crippen LogP contribution is 2.18. The molecule has 0 saturated carbocycles. The monoisotopic (exact) mass is 290 g/mol. The summed E-state index contributed by atoms with van der Waals surface area (Å²) in [5, 5.41) is 0.0654. The minimum atomic E-state index is 0.0654. The Morgan fingerprint density at radius 3 is 2.58 bits per heavy atom. The lowest BCUT2D eigenvalue weighted by Gasteiger charge is -1.93. The van der Waals surface area contributed by atoms with E-state index in [2.05, 4.69) is 0 Å². The van der Waals surface area contributed by atoms with Gasteiger partial charge in [-0.2, -0.15) is 0 Å². The molecule has 0 saturated heterocycles. The zero-order valence-electron chi connectivity index (χ0n) is 6.24. The third-order valence-corrected chi connectivity index (χ3v) is 2.37. The van der Waals surface area contributed by atoms with Crippen molar-refractivity contribution in [1.82, 2.24) is 0 Å². The van der Waals surface area contributed by atoms with Crippen molar-refractivity contribution in [3.05, 3.63) is 40.5 Å². The first-order chi connectivity index (χ1) is 5.83. The van der Waals surface area contributed by atoms with Crippen molar-refractivity contribution in [3.63, 3.8) is 0 Å². The second-order valence-electron chi connectivity index (χ2n) is 2.03. The van der Waals surface area contributed by atoms with Crippen molar-refractivity contribution in [2.24, 2.45) is 0 Å². The number of benzene rings is 1. The number of rotatable bonds is 2. The molecule has 0 fully saturated rings.